The standard InChI is InChI=1S/C22H22O10/c1-8-3-10-16(19(27)15-11(17(10)25)5-9(30-2)6-12(15)24)13(4-8)31-22-21(29)20(28)18(26)14(7-23)32-22/h3-6,14,18,20-24,26,28-29H,7H2,1-2H3/t14-,18-,20+,21-,22?/m0/s1. The molecule has 10 heteroatoms. The van der Waals surface area contributed by atoms with Gasteiger partial charge >= 0.3 is 0 Å². The van der Waals surface area contributed by atoms with Crippen LogP contribution in [0.3, 0.4) is 0 Å². The van der Waals surface area contributed by atoms with Crippen molar-refractivity contribution in [2.75, 3.05) is 13.7 Å². The molecular weight excluding hydrogens is 424 g/mol. The van der Waals surface area contributed by atoms with Crippen LogP contribution in [0.15, 0.2) is 24.3 Å². The molecule has 10 nitrogen and oxygen atoms in total. The lowest BCUT2D eigenvalue weighted by Gasteiger charge is -2.39. The quantitative estimate of drug-likeness (QED) is 0.358. The van der Waals surface area contributed by atoms with Crippen LogP contribution in [0.5, 0.6) is 17.2 Å². The summed E-state index contributed by atoms with van der Waals surface area (Å²) < 4.78 is 16.1. The average molecular weight is 446 g/mol. The highest BCUT2D eigenvalue weighted by Crippen LogP contribution is 2.40. The Labute approximate surface area is 182 Å². The van der Waals surface area contributed by atoms with Gasteiger partial charge in [-0.1, -0.05) is 0 Å². The van der Waals surface area contributed by atoms with E-state index in [0.717, 1.165) is 0 Å². The van der Waals surface area contributed by atoms with Crippen molar-refractivity contribution in [1.82, 2.24) is 0 Å². The van der Waals surface area contributed by atoms with Crippen LogP contribution in [0.1, 0.15) is 37.4 Å². The lowest BCUT2D eigenvalue weighted by Crippen LogP contribution is -2.60. The highest BCUT2D eigenvalue weighted by atomic mass is 16.7. The van der Waals surface area contributed by atoms with Crippen LogP contribution in [0.4, 0.5) is 0 Å². The van der Waals surface area contributed by atoms with E-state index in [1.54, 1.807) is 6.92 Å². The van der Waals surface area contributed by atoms with Gasteiger partial charge in [-0.15, -0.1) is 0 Å². The second-order valence-electron chi connectivity index (χ2n) is 7.73. The SMILES string of the molecule is COc1cc(O)c2c(c1)C(=O)c1cc(C)cc(OC3O[C@@H](CO)[C@H](O)[C@@H](O)[C@@H]3O)c1C2=O. The van der Waals surface area contributed by atoms with Gasteiger partial charge < -0.3 is 39.7 Å². The van der Waals surface area contributed by atoms with Crippen molar-refractivity contribution >= 4 is 11.6 Å². The molecule has 0 saturated carbocycles. The van der Waals surface area contributed by atoms with E-state index in [4.69, 9.17) is 14.2 Å². The minimum Gasteiger partial charge on any atom is -0.507 e. The zero-order chi connectivity index (χ0) is 23.3. The number of aliphatic hydroxyl groups excluding tert-OH is 4. The van der Waals surface area contributed by atoms with E-state index in [1.807, 2.05) is 0 Å². The van der Waals surface area contributed by atoms with Crippen LogP contribution in [-0.4, -0.2) is 81.5 Å². The van der Waals surface area contributed by atoms with E-state index >= 15 is 0 Å². The average Bonchev–Trinajstić information content (AvgIpc) is 2.76. The predicted molar refractivity (Wildman–Crippen MR) is 107 cm³/mol. The van der Waals surface area contributed by atoms with Crippen LogP contribution in [-0.2, 0) is 4.74 Å². The van der Waals surface area contributed by atoms with Crippen molar-refractivity contribution in [3.05, 3.63) is 52.1 Å². The molecule has 1 aliphatic heterocycles. The Kier molecular flexibility index (Phi) is 5.65. The molecule has 0 spiro atoms. The number of benzene rings is 2. The molecule has 5 N–H and O–H groups in total. The number of phenols is 1. The first kappa shape index (κ1) is 22.2. The molecule has 32 heavy (non-hydrogen) atoms. The van der Waals surface area contributed by atoms with Gasteiger partial charge in [-0.2, -0.15) is 0 Å². The van der Waals surface area contributed by atoms with Gasteiger partial charge in [-0.25, -0.2) is 0 Å². The van der Waals surface area contributed by atoms with E-state index in [9.17, 15) is 35.1 Å². The smallest absolute Gasteiger partial charge is 0.229 e. The summed E-state index contributed by atoms with van der Waals surface area (Å²) in [6, 6.07) is 5.51. The first-order chi connectivity index (χ1) is 15.2. The third kappa shape index (κ3) is 3.42. The number of fused-ring (bicyclic) bond motifs is 2. The summed E-state index contributed by atoms with van der Waals surface area (Å²) in [4.78, 5) is 26.5. The molecule has 0 radical (unpaired) electrons. The Hall–Kier alpha value is -3.02. The normalized spacial score (nSPS) is 27.0. The van der Waals surface area contributed by atoms with E-state index in [2.05, 4.69) is 0 Å². The summed E-state index contributed by atoms with van der Waals surface area (Å²) in [6.07, 6.45) is -7.73. The van der Waals surface area contributed by atoms with Crippen molar-refractivity contribution in [3.63, 3.8) is 0 Å². The lowest BCUT2D eigenvalue weighted by atomic mass is 9.82. The Balaban J connectivity index is 1.79. The Morgan fingerprint density at radius 1 is 0.938 bits per heavy atom. The van der Waals surface area contributed by atoms with Crippen molar-refractivity contribution in [1.29, 1.82) is 0 Å². The summed E-state index contributed by atoms with van der Waals surface area (Å²) in [6.45, 7) is 1.01. The molecule has 0 aromatic heterocycles. The van der Waals surface area contributed by atoms with Gasteiger partial charge in [-0.3, -0.25) is 9.59 Å². The number of aromatic hydroxyl groups is 1. The fraction of sp³-hybridized carbons (Fsp3) is 0.364. The molecular formula is C22H22O10. The molecule has 0 amide bonds. The number of carbonyl (C=O) groups excluding carboxylic acids is 2. The molecule has 0 bridgehead atoms. The number of ketones is 2. The van der Waals surface area contributed by atoms with Crippen LogP contribution in [0.25, 0.3) is 0 Å². The zero-order valence-corrected chi connectivity index (χ0v) is 17.2. The van der Waals surface area contributed by atoms with E-state index in [1.165, 1.54) is 31.4 Å². The molecule has 1 aliphatic carbocycles. The second-order valence-corrected chi connectivity index (χ2v) is 7.73. The molecule has 1 heterocycles. The number of aryl methyl sites for hydroxylation is 1. The molecule has 5 atom stereocenters. The monoisotopic (exact) mass is 446 g/mol. The van der Waals surface area contributed by atoms with E-state index < -0.39 is 54.6 Å². The van der Waals surface area contributed by atoms with Crippen molar-refractivity contribution in [3.8, 4) is 17.2 Å². The van der Waals surface area contributed by atoms with Gasteiger partial charge in [0.05, 0.1) is 24.8 Å². The highest BCUT2D eigenvalue weighted by Gasteiger charge is 2.45. The number of methoxy groups -OCH3 is 1. The summed E-state index contributed by atoms with van der Waals surface area (Å²) in [5, 5.41) is 50.0. The van der Waals surface area contributed by atoms with Gasteiger partial charge in [0.1, 0.15) is 41.7 Å². The minimum absolute atomic E-state index is 0.0229. The summed E-state index contributed by atoms with van der Waals surface area (Å²) in [7, 11) is 1.36. The Morgan fingerprint density at radius 2 is 1.62 bits per heavy atom. The highest BCUT2D eigenvalue weighted by molar-refractivity contribution is 6.30. The maximum absolute atomic E-state index is 13.3. The first-order valence-corrected chi connectivity index (χ1v) is 9.80. The third-order valence-electron chi connectivity index (χ3n) is 5.61. The van der Waals surface area contributed by atoms with Crippen LogP contribution in [0.2, 0.25) is 0 Å². The maximum atomic E-state index is 13.3. The molecule has 2 aliphatic rings. The molecule has 2 aromatic rings. The van der Waals surface area contributed by atoms with Gasteiger partial charge in [0.15, 0.2) is 5.78 Å². The number of aliphatic hydroxyl groups is 4. The molecule has 1 fully saturated rings. The zero-order valence-electron chi connectivity index (χ0n) is 17.2. The second kappa shape index (κ2) is 8.15. The Morgan fingerprint density at radius 3 is 2.28 bits per heavy atom. The first-order valence-electron chi connectivity index (χ1n) is 9.80. The van der Waals surface area contributed by atoms with Crippen molar-refractivity contribution in [2.24, 2.45) is 0 Å². The number of hydrogen-bond donors (Lipinski definition) is 5. The topological polar surface area (TPSA) is 163 Å². The van der Waals surface area contributed by atoms with Gasteiger partial charge in [0.25, 0.3) is 0 Å². The van der Waals surface area contributed by atoms with Crippen molar-refractivity contribution < 1.29 is 49.3 Å². The minimum atomic E-state index is -1.71. The van der Waals surface area contributed by atoms with Gasteiger partial charge in [-0.05, 0) is 30.7 Å². The van der Waals surface area contributed by atoms with Crippen LogP contribution >= 0.6 is 0 Å². The third-order valence-corrected chi connectivity index (χ3v) is 5.61. The summed E-state index contributed by atoms with van der Waals surface area (Å²) in [5.41, 5.74) is 0.190. The number of phenolic OH excluding ortho intramolecular Hbond substituents is 1. The number of rotatable bonds is 4. The number of hydrogen-bond acceptors (Lipinski definition) is 10. The fourth-order valence-corrected chi connectivity index (χ4v) is 3.96. The van der Waals surface area contributed by atoms with Crippen molar-refractivity contribution in [2.45, 2.75) is 37.6 Å². The van der Waals surface area contributed by atoms with Gasteiger partial charge in [0, 0.05) is 17.2 Å². The van der Waals surface area contributed by atoms with Crippen LogP contribution < -0.4 is 9.47 Å². The molecule has 1 saturated heterocycles. The summed E-state index contributed by atoms with van der Waals surface area (Å²) >= 11 is 0. The molecule has 170 valence electrons. The molecule has 1 unspecified atom stereocenters. The van der Waals surface area contributed by atoms with Gasteiger partial charge in [0.2, 0.25) is 12.1 Å². The van der Waals surface area contributed by atoms with E-state index in [-0.39, 0.29) is 33.8 Å². The van der Waals surface area contributed by atoms with E-state index in [0.29, 0.717) is 5.56 Å². The number of ether oxygens (including phenoxy) is 3. The fourth-order valence-electron chi connectivity index (χ4n) is 3.96. The summed E-state index contributed by atoms with van der Waals surface area (Å²) in [5.74, 6) is -1.58. The predicted octanol–water partition coefficient (Wildman–Crippen LogP) is -0.337. The Bertz CT molecular complexity index is 1090. The molecule has 2 aromatic carbocycles. The lowest BCUT2D eigenvalue weighted by molar-refractivity contribution is -0.277. The van der Waals surface area contributed by atoms with Crippen LogP contribution in [0, 0.1) is 6.92 Å². The number of carbonyl (C=O) groups is 2. The molecule has 4 rings (SSSR count). The maximum Gasteiger partial charge on any atom is 0.229 e. The largest absolute Gasteiger partial charge is 0.507 e.